The molecule has 4 rings (SSSR count). The van der Waals surface area contributed by atoms with E-state index in [1.165, 1.54) is 18.3 Å². The molecule has 1 aromatic carbocycles. The summed E-state index contributed by atoms with van der Waals surface area (Å²) < 4.78 is 35.2. The monoisotopic (exact) mass is 473 g/mol. The fourth-order valence-corrected chi connectivity index (χ4v) is 4.85. The summed E-state index contributed by atoms with van der Waals surface area (Å²) in [6.07, 6.45) is 3.75. The van der Waals surface area contributed by atoms with Crippen LogP contribution >= 0.6 is 11.8 Å². The van der Waals surface area contributed by atoms with Crippen LogP contribution in [0.3, 0.4) is 0 Å². The number of sulfone groups is 1. The van der Waals surface area contributed by atoms with Crippen molar-refractivity contribution in [1.29, 1.82) is 0 Å². The van der Waals surface area contributed by atoms with Crippen LogP contribution in [-0.2, 0) is 14.6 Å². The molecule has 1 aliphatic heterocycles. The molecule has 3 aromatic rings. The minimum Gasteiger partial charge on any atom is -0.489 e. The molecular weight excluding hydrogens is 450 g/mol. The average molecular weight is 474 g/mol. The van der Waals surface area contributed by atoms with Gasteiger partial charge in [-0.2, -0.15) is 0 Å². The molecule has 1 atom stereocenters. The zero-order valence-corrected chi connectivity index (χ0v) is 19.5. The van der Waals surface area contributed by atoms with Gasteiger partial charge in [0.2, 0.25) is 5.88 Å². The summed E-state index contributed by atoms with van der Waals surface area (Å²) >= 11 is 1.59. The van der Waals surface area contributed by atoms with E-state index in [1.54, 1.807) is 17.8 Å². The second kappa shape index (κ2) is 8.95. The third kappa shape index (κ3) is 4.97. The van der Waals surface area contributed by atoms with Crippen molar-refractivity contribution in [3.05, 3.63) is 42.2 Å². The quantitative estimate of drug-likeness (QED) is 0.492. The van der Waals surface area contributed by atoms with E-state index in [2.05, 4.69) is 15.0 Å². The number of benzene rings is 1. The number of nitrogens with one attached hydrogen (secondary N) is 1. The first-order valence-corrected chi connectivity index (χ1v) is 12.8. The number of hydrogen-bond acceptors (Lipinski definition) is 8. The predicted octanol–water partition coefficient (Wildman–Crippen LogP) is 4.00. The molecule has 2 aromatic heterocycles. The number of aliphatic imine (C=N–C) groups is 1. The second-order valence-corrected chi connectivity index (χ2v) is 11.0. The highest BCUT2D eigenvalue weighted by molar-refractivity contribution is 8.15. The number of aromatic nitrogens is 2. The zero-order chi connectivity index (χ0) is 22.9. The highest BCUT2D eigenvalue weighted by Crippen LogP contribution is 2.36. The zero-order valence-electron chi connectivity index (χ0n) is 17.9. The smallest absolute Gasteiger partial charge is 0.219 e. The average Bonchev–Trinajstić information content (AvgIpc) is 3.34. The molecule has 0 bridgehead atoms. The lowest BCUT2D eigenvalue weighted by atomic mass is 10.2. The van der Waals surface area contributed by atoms with Crippen molar-refractivity contribution in [2.45, 2.75) is 36.5 Å². The van der Waals surface area contributed by atoms with E-state index >= 15 is 0 Å². The number of aldehydes is 1. The number of fused-ring (bicyclic) bond motifs is 1. The van der Waals surface area contributed by atoms with Crippen molar-refractivity contribution in [2.75, 3.05) is 12.8 Å². The van der Waals surface area contributed by atoms with Crippen LogP contribution in [0.4, 0.5) is 0 Å². The van der Waals surface area contributed by atoms with Crippen LogP contribution < -0.4 is 9.47 Å². The van der Waals surface area contributed by atoms with Crippen molar-refractivity contribution >= 4 is 43.8 Å². The topological polar surface area (TPSA) is 111 Å². The minimum absolute atomic E-state index is 0.0532. The van der Waals surface area contributed by atoms with E-state index < -0.39 is 9.84 Å². The Morgan fingerprint density at radius 3 is 2.75 bits per heavy atom. The molecule has 0 aliphatic carbocycles. The largest absolute Gasteiger partial charge is 0.489 e. The standard InChI is InChI=1S/C22H23N3O5S2/c1-13(2)29-19-10-15(30-20-5-4-17(12-23-20)32(3,27)28)8-14-9-18(25-21(14)19)22-24-11-16(31-22)6-7-26/h4-5,7-10,12-13,16,25H,6,11H2,1-3H3. The molecular formula is C22H23N3O5S2. The van der Waals surface area contributed by atoms with Crippen molar-refractivity contribution in [3.63, 3.8) is 0 Å². The van der Waals surface area contributed by atoms with Gasteiger partial charge < -0.3 is 19.3 Å². The predicted molar refractivity (Wildman–Crippen MR) is 125 cm³/mol. The van der Waals surface area contributed by atoms with Crippen LogP contribution in [0.25, 0.3) is 10.9 Å². The third-order valence-electron chi connectivity index (χ3n) is 4.69. The Labute approximate surface area is 190 Å². The molecule has 0 saturated heterocycles. The molecule has 0 spiro atoms. The summed E-state index contributed by atoms with van der Waals surface area (Å²) in [5, 5.41) is 1.91. The van der Waals surface area contributed by atoms with Gasteiger partial charge in [-0.05, 0) is 32.0 Å². The first-order chi connectivity index (χ1) is 15.2. The molecule has 1 N–H and O–H groups in total. The fraction of sp³-hybridized carbons (Fsp3) is 0.318. The number of ether oxygens (including phenoxy) is 2. The maximum absolute atomic E-state index is 11.6. The number of carbonyl (C=O) groups excluding carboxylic acids is 1. The van der Waals surface area contributed by atoms with Crippen LogP contribution in [0.1, 0.15) is 26.0 Å². The Balaban J connectivity index is 1.66. The summed E-state index contributed by atoms with van der Waals surface area (Å²) in [5.74, 6) is 1.41. The number of hydrogen-bond donors (Lipinski definition) is 1. The van der Waals surface area contributed by atoms with Gasteiger partial charge in [0.1, 0.15) is 22.8 Å². The summed E-state index contributed by atoms with van der Waals surface area (Å²) in [5.41, 5.74) is 1.68. The molecule has 1 unspecified atom stereocenters. The normalized spacial score (nSPS) is 16.4. The molecule has 0 saturated carbocycles. The Morgan fingerprint density at radius 1 is 1.28 bits per heavy atom. The van der Waals surface area contributed by atoms with E-state index in [-0.39, 0.29) is 22.1 Å². The number of carbonyl (C=O) groups is 1. The van der Waals surface area contributed by atoms with Crippen LogP contribution in [0.5, 0.6) is 17.4 Å². The number of thioether (sulfide) groups is 1. The van der Waals surface area contributed by atoms with Gasteiger partial charge in [-0.15, -0.1) is 0 Å². The van der Waals surface area contributed by atoms with E-state index in [0.717, 1.165) is 34.2 Å². The van der Waals surface area contributed by atoms with Crippen LogP contribution in [0.15, 0.2) is 46.4 Å². The molecule has 0 amide bonds. The Hall–Kier alpha value is -2.85. The summed E-state index contributed by atoms with van der Waals surface area (Å²) in [4.78, 5) is 23.0. The van der Waals surface area contributed by atoms with Gasteiger partial charge in [-0.25, -0.2) is 13.4 Å². The van der Waals surface area contributed by atoms with Gasteiger partial charge >= 0.3 is 0 Å². The lowest BCUT2D eigenvalue weighted by molar-refractivity contribution is -0.107. The molecule has 0 radical (unpaired) electrons. The molecule has 8 nitrogen and oxygen atoms in total. The first-order valence-electron chi connectivity index (χ1n) is 10.1. The first kappa shape index (κ1) is 22.3. The van der Waals surface area contributed by atoms with E-state index in [4.69, 9.17) is 9.47 Å². The van der Waals surface area contributed by atoms with Gasteiger partial charge in [0, 0.05) is 41.6 Å². The summed E-state index contributed by atoms with van der Waals surface area (Å²) in [6.45, 7) is 4.50. The van der Waals surface area contributed by atoms with Crippen LogP contribution in [0, 0.1) is 0 Å². The summed E-state index contributed by atoms with van der Waals surface area (Å²) in [7, 11) is -3.33. The lowest BCUT2D eigenvalue weighted by Gasteiger charge is -2.13. The molecule has 3 heterocycles. The van der Waals surface area contributed by atoms with E-state index in [9.17, 15) is 13.2 Å². The van der Waals surface area contributed by atoms with Gasteiger partial charge in [0.15, 0.2) is 9.84 Å². The van der Waals surface area contributed by atoms with Gasteiger partial charge in [0.25, 0.3) is 0 Å². The Kier molecular flexibility index (Phi) is 6.25. The number of pyridine rings is 1. The fourth-order valence-electron chi connectivity index (χ4n) is 3.27. The Bertz CT molecular complexity index is 1280. The van der Waals surface area contributed by atoms with Crippen molar-refractivity contribution < 1.29 is 22.7 Å². The van der Waals surface area contributed by atoms with Gasteiger partial charge in [-0.3, -0.25) is 4.99 Å². The molecule has 1 aliphatic rings. The highest BCUT2D eigenvalue weighted by atomic mass is 32.2. The van der Waals surface area contributed by atoms with Gasteiger partial charge in [0.05, 0.1) is 28.8 Å². The van der Waals surface area contributed by atoms with Gasteiger partial charge in [-0.1, -0.05) is 11.8 Å². The minimum atomic E-state index is -3.33. The Morgan fingerprint density at radius 2 is 2.09 bits per heavy atom. The third-order valence-corrected chi connectivity index (χ3v) is 7.04. The van der Waals surface area contributed by atoms with E-state index in [0.29, 0.717) is 24.5 Å². The molecule has 10 heteroatoms. The number of H-pyrrole nitrogens is 1. The maximum atomic E-state index is 11.6. The summed E-state index contributed by atoms with van der Waals surface area (Å²) in [6, 6.07) is 8.58. The number of aromatic amines is 1. The van der Waals surface area contributed by atoms with Crippen molar-refractivity contribution in [3.8, 4) is 17.4 Å². The highest BCUT2D eigenvalue weighted by Gasteiger charge is 2.22. The second-order valence-electron chi connectivity index (χ2n) is 7.73. The number of nitrogens with zero attached hydrogens (tertiary/aromatic N) is 2. The SMILES string of the molecule is CC(C)Oc1cc(Oc2ccc(S(C)(=O)=O)cn2)cc2cc(C3=NCC(CC=O)S3)[nH]c12. The maximum Gasteiger partial charge on any atom is 0.219 e. The molecule has 0 fully saturated rings. The lowest BCUT2D eigenvalue weighted by Crippen LogP contribution is -2.06. The molecule has 32 heavy (non-hydrogen) atoms. The van der Waals surface area contributed by atoms with Crippen molar-refractivity contribution in [1.82, 2.24) is 9.97 Å². The number of rotatable bonds is 8. The molecule has 168 valence electrons. The van der Waals surface area contributed by atoms with Crippen molar-refractivity contribution in [2.24, 2.45) is 4.99 Å². The van der Waals surface area contributed by atoms with E-state index in [1.807, 2.05) is 26.0 Å². The van der Waals surface area contributed by atoms with Crippen LogP contribution in [-0.4, -0.2) is 53.9 Å². The van der Waals surface area contributed by atoms with Crippen LogP contribution in [0.2, 0.25) is 0 Å².